The Labute approximate surface area is 318 Å². The normalized spacial score (nSPS) is 17.0. The summed E-state index contributed by atoms with van der Waals surface area (Å²) in [7, 11) is 1.59. The van der Waals surface area contributed by atoms with Crippen molar-refractivity contribution in [3.05, 3.63) is 54.1 Å². The molecule has 6 N–H and O–H groups in total. The summed E-state index contributed by atoms with van der Waals surface area (Å²) in [6, 6.07) is 9.07. The Hall–Kier alpha value is -4.11. The summed E-state index contributed by atoms with van der Waals surface area (Å²) in [4.78, 5) is 53.3. The van der Waals surface area contributed by atoms with Crippen molar-refractivity contribution in [1.82, 2.24) is 30.9 Å². The number of nitrogens with one attached hydrogen (secondary N) is 4. The zero-order valence-electron chi connectivity index (χ0n) is 32.4. The second-order valence-corrected chi connectivity index (χ2v) is 14.7. The number of pyridine rings is 1. The van der Waals surface area contributed by atoms with Gasteiger partial charge in [0.1, 0.15) is 24.6 Å². The molecule has 3 amide bonds. The van der Waals surface area contributed by atoms with Crippen LogP contribution in [0.1, 0.15) is 89.0 Å². The molecule has 1 aromatic carbocycles. The number of aromatic nitrogens is 3. The summed E-state index contributed by atoms with van der Waals surface area (Å²) in [5.74, 6) is -2.20. The van der Waals surface area contributed by atoms with Crippen LogP contribution >= 0.6 is 0 Å². The zero-order valence-corrected chi connectivity index (χ0v) is 32.4. The fourth-order valence-corrected chi connectivity index (χ4v) is 7.06. The third-order valence-electron chi connectivity index (χ3n) is 10.3. The van der Waals surface area contributed by atoms with E-state index in [-0.39, 0.29) is 48.9 Å². The molecule has 0 unspecified atom stereocenters. The number of carbonyl (C=O) groups excluding carboxylic acids is 3. The Bertz CT molecular complexity index is 1580. The summed E-state index contributed by atoms with van der Waals surface area (Å²) in [6.45, 7) is 8.85. The number of carbonyl (C=O) groups is 3. The van der Waals surface area contributed by atoms with Gasteiger partial charge in [0.15, 0.2) is 11.4 Å². The summed E-state index contributed by atoms with van der Waals surface area (Å²) in [6.07, 6.45) is 4.52. The van der Waals surface area contributed by atoms with Crippen molar-refractivity contribution in [1.29, 1.82) is 0 Å². The van der Waals surface area contributed by atoms with Gasteiger partial charge >= 0.3 is 0 Å². The van der Waals surface area contributed by atoms with Crippen LogP contribution in [0.3, 0.4) is 0 Å². The summed E-state index contributed by atoms with van der Waals surface area (Å²) in [5.41, 5.74) is 1.67. The van der Waals surface area contributed by atoms with Crippen molar-refractivity contribution in [3.8, 4) is 5.75 Å². The average Bonchev–Trinajstić information content (AvgIpc) is 3.60. The van der Waals surface area contributed by atoms with Gasteiger partial charge in [-0.1, -0.05) is 78.4 Å². The number of hydrogen-bond acceptors (Lipinski definition) is 10. The first kappa shape index (κ1) is 42.6. The van der Waals surface area contributed by atoms with E-state index < -0.39 is 47.9 Å². The lowest BCUT2D eigenvalue weighted by atomic mass is 9.79. The van der Waals surface area contributed by atoms with Crippen LogP contribution in [-0.4, -0.2) is 101 Å². The minimum atomic E-state index is -1.56. The molecular weight excluding hydrogens is 692 g/mol. The molecule has 1 fully saturated rings. The highest BCUT2D eigenvalue weighted by Gasteiger charge is 2.41. The smallest absolute Gasteiger partial charge is 0.274 e. The Morgan fingerprint density at radius 2 is 1.67 bits per heavy atom. The molecule has 0 aliphatic heterocycles. The quantitative estimate of drug-likeness (QED) is 0.0819. The first-order chi connectivity index (χ1) is 26.0. The Balaban J connectivity index is 1.47. The van der Waals surface area contributed by atoms with Crippen molar-refractivity contribution in [2.75, 3.05) is 33.5 Å². The molecule has 54 heavy (non-hydrogen) atoms. The van der Waals surface area contributed by atoms with E-state index in [1.54, 1.807) is 33.1 Å². The zero-order chi connectivity index (χ0) is 39.0. The van der Waals surface area contributed by atoms with E-state index in [1.165, 1.54) is 6.20 Å². The molecule has 1 saturated carbocycles. The number of aliphatic hydroxyl groups is 2. The van der Waals surface area contributed by atoms with Crippen LogP contribution in [0.15, 0.2) is 42.6 Å². The lowest BCUT2D eigenvalue weighted by Crippen LogP contribution is -2.57. The van der Waals surface area contributed by atoms with Crippen molar-refractivity contribution in [2.45, 2.75) is 103 Å². The number of H-pyrrole nitrogens is 1. The van der Waals surface area contributed by atoms with Crippen molar-refractivity contribution in [3.63, 3.8) is 0 Å². The third-order valence-corrected chi connectivity index (χ3v) is 10.3. The van der Waals surface area contributed by atoms with Crippen molar-refractivity contribution < 1.29 is 38.8 Å². The highest BCUT2D eigenvalue weighted by molar-refractivity contribution is 5.95. The number of benzene rings is 1. The molecule has 6 atom stereocenters. The number of aromatic amines is 1. The van der Waals surface area contributed by atoms with E-state index in [1.807, 2.05) is 38.1 Å². The van der Waals surface area contributed by atoms with Gasteiger partial charge in [0, 0.05) is 13.3 Å². The van der Waals surface area contributed by atoms with E-state index in [4.69, 9.17) is 14.2 Å². The van der Waals surface area contributed by atoms with E-state index in [2.05, 4.69) is 30.9 Å². The van der Waals surface area contributed by atoms with Crippen molar-refractivity contribution >= 4 is 28.8 Å². The Morgan fingerprint density at radius 3 is 2.37 bits per heavy atom. The Kier molecular flexibility index (Phi) is 17.1. The van der Waals surface area contributed by atoms with Gasteiger partial charge in [-0.15, -0.1) is 0 Å². The lowest BCUT2D eigenvalue weighted by molar-refractivity contribution is -0.140. The highest BCUT2D eigenvalue weighted by atomic mass is 16.5. The number of rotatable bonds is 22. The van der Waals surface area contributed by atoms with Crippen LogP contribution in [0.5, 0.6) is 5.75 Å². The largest absolute Gasteiger partial charge is 0.489 e. The molecule has 0 bridgehead atoms. The molecule has 0 spiro atoms. The number of aliphatic hydroxyl groups excluding tert-OH is 2. The second kappa shape index (κ2) is 21.7. The maximum absolute atomic E-state index is 14.0. The molecular formula is C40H60N6O8. The SMILES string of the molecule is CC[C@H](C)[C@H](NC(=O)[C@H](C(C)C)[C@@H](O)[C@H](O)[C@H](CC1CCCCC1)NC(=O)c1ncccc1OCCOCCOC)C(=O)NCc1nc2ccccc2[nH]1. The topological polar surface area (TPSA) is 197 Å². The van der Waals surface area contributed by atoms with Gasteiger partial charge in [0.05, 0.1) is 55.5 Å². The number of fused-ring (bicyclic) bond motifs is 1. The fourth-order valence-electron chi connectivity index (χ4n) is 7.06. The van der Waals surface area contributed by atoms with Gasteiger partial charge < -0.3 is 45.4 Å². The maximum Gasteiger partial charge on any atom is 0.274 e. The highest BCUT2D eigenvalue weighted by Crippen LogP contribution is 2.30. The van der Waals surface area contributed by atoms with Crippen LogP contribution < -0.4 is 20.7 Å². The molecule has 4 rings (SSSR count). The number of amides is 3. The predicted octanol–water partition coefficient (Wildman–Crippen LogP) is 3.91. The molecule has 1 aliphatic carbocycles. The van der Waals surface area contributed by atoms with Crippen LogP contribution in [-0.2, 0) is 25.6 Å². The van der Waals surface area contributed by atoms with E-state index in [0.717, 1.165) is 43.1 Å². The van der Waals surface area contributed by atoms with Gasteiger partial charge in [-0.05, 0) is 48.4 Å². The molecule has 3 aromatic rings. The number of hydrogen-bond donors (Lipinski definition) is 6. The van der Waals surface area contributed by atoms with Gasteiger partial charge in [-0.3, -0.25) is 14.4 Å². The van der Waals surface area contributed by atoms with Crippen LogP contribution in [0.2, 0.25) is 0 Å². The van der Waals surface area contributed by atoms with E-state index in [9.17, 15) is 24.6 Å². The van der Waals surface area contributed by atoms with Gasteiger partial charge in [-0.25, -0.2) is 9.97 Å². The Morgan fingerprint density at radius 1 is 0.926 bits per heavy atom. The number of para-hydroxylation sites is 2. The second-order valence-electron chi connectivity index (χ2n) is 14.7. The molecule has 2 aromatic heterocycles. The number of ether oxygens (including phenoxy) is 3. The molecule has 2 heterocycles. The number of methoxy groups -OCH3 is 1. The molecule has 298 valence electrons. The fraction of sp³-hybridized carbons (Fsp3) is 0.625. The average molecular weight is 753 g/mol. The van der Waals surface area contributed by atoms with Crippen LogP contribution in [0, 0.1) is 23.7 Å². The first-order valence-corrected chi connectivity index (χ1v) is 19.4. The summed E-state index contributed by atoms with van der Waals surface area (Å²) < 4.78 is 16.3. The molecule has 14 heteroatoms. The lowest BCUT2D eigenvalue weighted by Gasteiger charge is -2.36. The summed E-state index contributed by atoms with van der Waals surface area (Å²) >= 11 is 0. The van der Waals surface area contributed by atoms with Crippen LogP contribution in [0.25, 0.3) is 11.0 Å². The van der Waals surface area contributed by atoms with E-state index >= 15 is 0 Å². The van der Waals surface area contributed by atoms with Gasteiger partial charge in [-0.2, -0.15) is 0 Å². The molecule has 1 aliphatic rings. The third kappa shape index (κ3) is 12.2. The van der Waals surface area contributed by atoms with Crippen LogP contribution in [0.4, 0.5) is 0 Å². The standard InChI is InChI=1S/C40H60N6O8/c1-6-26(4)34(39(50)42-24-32-43-28-15-10-11-16-29(28)44-32)46-38(49)33(25(2)3)37(48)36(47)30(23-27-13-8-7-9-14-27)45-40(51)35-31(17-12-18-41-35)54-22-21-53-20-19-52-5/h10-12,15-18,25-27,30,33-34,36-37,47-48H,6-9,13-14,19-24H2,1-5H3,(H,42,50)(H,43,44)(H,45,51)(H,46,49)/t26-,30-,33+,34-,36+,37+/m0/s1. The van der Waals surface area contributed by atoms with Gasteiger partial charge in [0.2, 0.25) is 11.8 Å². The van der Waals surface area contributed by atoms with Crippen molar-refractivity contribution in [2.24, 2.45) is 23.7 Å². The maximum atomic E-state index is 14.0. The monoisotopic (exact) mass is 752 g/mol. The minimum Gasteiger partial charge on any atom is -0.489 e. The molecule has 0 saturated heterocycles. The number of imidazole rings is 1. The summed E-state index contributed by atoms with van der Waals surface area (Å²) in [5, 5.41) is 32.4. The minimum absolute atomic E-state index is 0.0351. The first-order valence-electron chi connectivity index (χ1n) is 19.4. The van der Waals surface area contributed by atoms with Gasteiger partial charge in [0.25, 0.3) is 5.91 Å². The molecule has 14 nitrogen and oxygen atoms in total. The molecule has 0 radical (unpaired) electrons. The predicted molar refractivity (Wildman–Crippen MR) is 205 cm³/mol. The van der Waals surface area contributed by atoms with E-state index in [0.29, 0.717) is 31.9 Å². The number of nitrogens with zero attached hydrogens (tertiary/aromatic N) is 2.